The molecule has 3 nitrogen and oxygen atoms in total. The summed E-state index contributed by atoms with van der Waals surface area (Å²) in [5.74, 6) is -2.78. The van der Waals surface area contributed by atoms with Gasteiger partial charge in [0.25, 0.3) is 0 Å². The molecule has 1 unspecified atom stereocenters. The SMILES string of the molecule is CC(COc1cccc(F)c1)OC(=O)c1cc(F)ccc1F. The number of hydrogen-bond donors (Lipinski definition) is 0. The molecule has 0 aromatic heterocycles. The van der Waals surface area contributed by atoms with E-state index in [-0.39, 0.29) is 12.4 Å². The maximum absolute atomic E-state index is 13.4. The molecule has 2 aromatic rings. The van der Waals surface area contributed by atoms with Crippen LogP contribution in [0, 0.1) is 17.5 Å². The van der Waals surface area contributed by atoms with E-state index in [2.05, 4.69) is 0 Å². The van der Waals surface area contributed by atoms with Gasteiger partial charge in [-0.05, 0) is 37.3 Å². The molecule has 0 aliphatic rings. The lowest BCUT2D eigenvalue weighted by Gasteiger charge is -2.14. The van der Waals surface area contributed by atoms with E-state index in [9.17, 15) is 18.0 Å². The second kappa shape index (κ2) is 6.98. The second-order valence-corrected chi connectivity index (χ2v) is 4.61. The molecule has 0 N–H and O–H groups in total. The van der Waals surface area contributed by atoms with Crippen LogP contribution in [0.5, 0.6) is 5.75 Å². The predicted molar refractivity (Wildman–Crippen MR) is 73.1 cm³/mol. The molecular formula is C16H13F3O3. The first-order valence-corrected chi connectivity index (χ1v) is 6.50. The van der Waals surface area contributed by atoms with Crippen LogP contribution in [0.2, 0.25) is 0 Å². The van der Waals surface area contributed by atoms with E-state index in [1.807, 2.05) is 0 Å². The minimum Gasteiger partial charge on any atom is -0.490 e. The first kappa shape index (κ1) is 15.9. The number of esters is 1. The lowest BCUT2D eigenvalue weighted by atomic mass is 10.2. The van der Waals surface area contributed by atoms with Gasteiger partial charge < -0.3 is 9.47 Å². The van der Waals surface area contributed by atoms with Gasteiger partial charge in [-0.25, -0.2) is 18.0 Å². The smallest absolute Gasteiger partial charge is 0.341 e. The Bertz CT molecular complexity index is 673. The number of ether oxygens (including phenoxy) is 2. The van der Waals surface area contributed by atoms with Crippen LogP contribution in [-0.4, -0.2) is 18.7 Å². The highest BCUT2D eigenvalue weighted by Crippen LogP contribution is 2.14. The highest BCUT2D eigenvalue weighted by Gasteiger charge is 2.17. The van der Waals surface area contributed by atoms with Crippen LogP contribution in [0.4, 0.5) is 13.2 Å². The minimum absolute atomic E-state index is 0.0495. The maximum atomic E-state index is 13.4. The molecule has 116 valence electrons. The number of halogens is 3. The number of benzene rings is 2. The molecule has 0 fully saturated rings. The van der Waals surface area contributed by atoms with Crippen molar-refractivity contribution >= 4 is 5.97 Å². The highest BCUT2D eigenvalue weighted by atomic mass is 19.1. The Morgan fingerprint density at radius 2 is 1.82 bits per heavy atom. The molecule has 1 atom stereocenters. The van der Waals surface area contributed by atoms with Gasteiger partial charge in [0.2, 0.25) is 0 Å². The Hall–Kier alpha value is -2.50. The van der Waals surface area contributed by atoms with Gasteiger partial charge in [0.15, 0.2) is 0 Å². The van der Waals surface area contributed by atoms with Crippen molar-refractivity contribution < 1.29 is 27.4 Å². The Kier molecular flexibility index (Phi) is 5.04. The van der Waals surface area contributed by atoms with Crippen molar-refractivity contribution in [2.45, 2.75) is 13.0 Å². The molecule has 6 heteroatoms. The van der Waals surface area contributed by atoms with E-state index < -0.39 is 35.1 Å². The molecule has 0 aliphatic carbocycles. The van der Waals surface area contributed by atoms with Crippen molar-refractivity contribution in [3.05, 3.63) is 65.5 Å². The van der Waals surface area contributed by atoms with E-state index in [1.165, 1.54) is 25.1 Å². The average Bonchev–Trinajstić information content (AvgIpc) is 2.47. The first-order chi connectivity index (χ1) is 10.5. The van der Waals surface area contributed by atoms with Gasteiger partial charge in [-0.2, -0.15) is 0 Å². The van der Waals surface area contributed by atoms with Gasteiger partial charge in [0.1, 0.15) is 35.9 Å². The molecular weight excluding hydrogens is 297 g/mol. The van der Waals surface area contributed by atoms with E-state index in [1.54, 1.807) is 6.07 Å². The monoisotopic (exact) mass is 310 g/mol. The number of carbonyl (C=O) groups excluding carboxylic acids is 1. The lowest BCUT2D eigenvalue weighted by molar-refractivity contribution is 0.0223. The van der Waals surface area contributed by atoms with Crippen molar-refractivity contribution in [2.75, 3.05) is 6.61 Å². The van der Waals surface area contributed by atoms with Crippen LogP contribution in [-0.2, 0) is 4.74 Å². The molecule has 0 bridgehead atoms. The summed E-state index contributed by atoms with van der Waals surface area (Å²) in [7, 11) is 0. The third kappa shape index (κ3) is 4.25. The average molecular weight is 310 g/mol. The molecule has 0 heterocycles. The van der Waals surface area contributed by atoms with Crippen molar-refractivity contribution in [3.8, 4) is 5.75 Å². The van der Waals surface area contributed by atoms with E-state index in [4.69, 9.17) is 9.47 Å². The Morgan fingerprint density at radius 1 is 1.09 bits per heavy atom. The minimum atomic E-state index is -0.993. The summed E-state index contributed by atoms with van der Waals surface area (Å²) in [6.07, 6.45) is -0.724. The molecule has 0 spiro atoms. The quantitative estimate of drug-likeness (QED) is 0.789. The van der Waals surface area contributed by atoms with Crippen molar-refractivity contribution in [2.24, 2.45) is 0 Å². The van der Waals surface area contributed by atoms with Gasteiger partial charge in [-0.3, -0.25) is 0 Å². The first-order valence-electron chi connectivity index (χ1n) is 6.50. The fourth-order valence-electron chi connectivity index (χ4n) is 1.70. The van der Waals surface area contributed by atoms with Crippen LogP contribution in [0.15, 0.2) is 42.5 Å². The summed E-state index contributed by atoms with van der Waals surface area (Å²) in [5.41, 5.74) is -0.488. The normalized spacial score (nSPS) is 11.8. The van der Waals surface area contributed by atoms with Crippen molar-refractivity contribution in [1.29, 1.82) is 0 Å². The van der Waals surface area contributed by atoms with Crippen LogP contribution < -0.4 is 4.74 Å². The molecule has 2 rings (SSSR count). The molecule has 22 heavy (non-hydrogen) atoms. The zero-order valence-corrected chi connectivity index (χ0v) is 11.7. The van der Waals surface area contributed by atoms with Gasteiger partial charge >= 0.3 is 5.97 Å². The molecule has 0 saturated carbocycles. The second-order valence-electron chi connectivity index (χ2n) is 4.61. The van der Waals surface area contributed by atoms with E-state index in [0.717, 1.165) is 18.2 Å². The third-order valence-corrected chi connectivity index (χ3v) is 2.74. The fourth-order valence-corrected chi connectivity index (χ4v) is 1.70. The summed E-state index contributed by atoms with van der Waals surface area (Å²) >= 11 is 0. The number of rotatable bonds is 5. The Labute approximate surface area is 125 Å². The number of carbonyl (C=O) groups is 1. The van der Waals surface area contributed by atoms with Gasteiger partial charge in [-0.15, -0.1) is 0 Å². The van der Waals surface area contributed by atoms with Gasteiger partial charge in [-0.1, -0.05) is 6.07 Å². The third-order valence-electron chi connectivity index (χ3n) is 2.74. The lowest BCUT2D eigenvalue weighted by Crippen LogP contribution is -2.22. The summed E-state index contributed by atoms with van der Waals surface area (Å²) in [6.45, 7) is 1.47. The molecule has 2 aromatic carbocycles. The van der Waals surface area contributed by atoms with Crippen LogP contribution in [0.25, 0.3) is 0 Å². The molecule has 0 saturated heterocycles. The van der Waals surface area contributed by atoms with E-state index >= 15 is 0 Å². The zero-order chi connectivity index (χ0) is 16.1. The summed E-state index contributed by atoms with van der Waals surface area (Å²) in [4.78, 5) is 11.7. The Balaban J connectivity index is 1.92. The van der Waals surface area contributed by atoms with Gasteiger partial charge in [0, 0.05) is 6.07 Å². The highest BCUT2D eigenvalue weighted by molar-refractivity contribution is 5.89. The zero-order valence-electron chi connectivity index (χ0n) is 11.7. The standard InChI is InChI=1S/C16H13F3O3/c1-10(9-21-13-4-2-3-11(17)7-13)22-16(20)14-8-12(18)5-6-15(14)19/h2-8,10H,9H2,1H3. The summed E-state index contributed by atoms with van der Waals surface area (Å²) < 4.78 is 49.6. The van der Waals surface area contributed by atoms with Crippen molar-refractivity contribution in [3.63, 3.8) is 0 Å². The maximum Gasteiger partial charge on any atom is 0.341 e. The topological polar surface area (TPSA) is 35.5 Å². The largest absolute Gasteiger partial charge is 0.490 e. The molecule has 0 aliphatic heterocycles. The number of hydrogen-bond acceptors (Lipinski definition) is 3. The van der Waals surface area contributed by atoms with Crippen LogP contribution in [0.1, 0.15) is 17.3 Å². The van der Waals surface area contributed by atoms with Gasteiger partial charge in [0.05, 0.1) is 5.56 Å². The summed E-state index contributed by atoms with van der Waals surface area (Å²) in [5, 5.41) is 0. The molecule has 0 amide bonds. The van der Waals surface area contributed by atoms with E-state index in [0.29, 0.717) is 0 Å². The van der Waals surface area contributed by atoms with Crippen LogP contribution in [0.3, 0.4) is 0 Å². The van der Waals surface area contributed by atoms with Crippen molar-refractivity contribution in [1.82, 2.24) is 0 Å². The summed E-state index contributed by atoms with van der Waals surface area (Å²) in [6, 6.07) is 7.98. The fraction of sp³-hybridized carbons (Fsp3) is 0.188. The van der Waals surface area contributed by atoms with Crippen LogP contribution >= 0.6 is 0 Å². The molecule has 0 radical (unpaired) electrons. The predicted octanol–water partition coefficient (Wildman–Crippen LogP) is 3.73. The Morgan fingerprint density at radius 3 is 2.55 bits per heavy atom.